The third-order valence-corrected chi connectivity index (χ3v) is 4.13. The first kappa shape index (κ1) is 14.8. The number of hydrogen-bond acceptors (Lipinski definition) is 3. The second-order valence-electron chi connectivity index (χ2n) is 5.92. The fraction of sp³-hybridized carbons (Fsp3) is 0.667. The van der Waals surface area contributed by atoms with E-state index in [4.69, 9.17) is 0 Å². The van der Waals surface area contributed by atoms with Crippen LogP contribution in [-0.4, -0.2) is 47.2 Å². The van der Waals surface area contributed by atoms with Crippen molar-refractivity contribution in [2.24, 2.45) is 11.8 Å². The van der Waals surface area contributed by atoms with Crippen LogP contribution in [0.4, 0.5) is 0 Å². The second-order valence-corrected chi connectivity index (χ2v) is 5.92. The predicted molar refractivity (Wildman–Crippen MR) is 74.6 cm³/mol. The number of nitrogens with zero attached hydrogens (tertiary/aromatic N) is 2. The molecule has 1 saturated heterocycles. The highest BCUT2D eigenvalue weighted by Gasteiger charge is 2.31. The van der Waals surface area contributed by atoms with Crippen molar-refractivity contribution in [3.63, 3.8) is 0 Å². The molecule has 0 unspecified atom stereocenters. The number of carbonyl (C=O) groups is 3. The molecule has 110 valence electrons. The summed E-state index contributed by atoms with van der Waals surface area (Å²) in [6.07, 6.45) is 4.50. The van der Waals surface area contributed by atoms with E-state index < -0.39 is 0 Å². The number of amides is 3. The molecule has 0 radical (unpaired) electrons. The Morgan fingerprint density at radius 2 is 1.80 bits per heavy atom. The van der Waals surface area contributed by atoms with Crippen LogP contribution >= 0.6 is 0 Å². The second kappa shape index (κ2) is 6.20. The minimum absolute atomic E-state index is 0.194. The Kier molecular flexibility index (Phi) is 4.57. The van der Waals surface area contributed by atoms with Crippen molar-refractivity contribution in [1.82, 2.24) is 9.80 Å². The molecule has 2 aliphatic heterocycles. The van der Waals surface area contributed by atoms with Crippen molar-refractivity contribution < 1.29 is 14.4 Å². The lowest BCUT2D eigenvalue weighted by molar-refractivity contribution is -0.138. The van der Waals surface area contributed by atoms with Gasteiger partial charge >= 0.3 is 0 Å². The minimum atomic E-state index is -0.246. The van der Waals surface area contributed by atoms with E-state index in [9.17, 15) is 14.4 Å². The molecule has 0 N–H and O–H groups in total. The molecule has 0 bridgehead atoms. The van der Waals surface area contributed by atoms with Crippen LogP contribution in [0.2, 0.25) is 0 Å². The van der Waals surface area contributed by atoms with Gasteiger partial charge in [0.25, 0.3) is 11.8 Å². The molecule has 0 spiro atoms. The van der Waals surface area contributed by atoms with Gasteiger partial charge in [-0.2, -0.15) is 0 Å². The third-order valence-electron chi connectivity index (χ3n) is 4.13. The van der Waals surface area contributed by atoms with Crippen molar-refractivity contribution in [3.8, 4) is 0 Å². The van der Waals surface area contributed by atoms with Gasteiger partial charge in [-0.05, 0) is 24.7 Å². The fourth-order valence-corrected chi connectivity index (χ4v) is 2.49. The first-order valence-corrected chi connectivity index (χ1v) is 7.30. The minimum Gasteiger partial charge on any atom is -0.342 e. The molecule has 0 saturated carbocycles. The lowest BCUT2D eigenvalue weighted by Crippen LogP contribution is -2.51. The van der Waals surface area contributed by atoms with E-state index in [2.05, 4.69) is 13.8 Å². The number of carbonyl (C=O) groups excluding carboxylic acids is 3. The first-order chi connectivity index (χ1) is 9.49. The topological polar surface area (TPSA) is 57.7 Å². The SMILES string of the molecule is CC(C)C1CN(C(=O)CCCCN2C(=O)C=CC2=O)C1. The normalized spacial score (nSPS) is 19.1. The smallest absolute Gasteiger partial charge is 0.253 e. The largest absolute Gasteiger partial charge is 0.342 e. The van der Waals surface area contributed by atoms with Gasteiger partial charge in [0.05, 0.1) is 0 Å². The van der Waals surface area contributed by atoms with E-state index in [1.165, 1.54) is 17.1 Å². The average molecular weight is 278 g/mol. The molecule has 5 nitrogen and oxygen atoms in total. The molecule has 0 aromatic carbocycles. The summed E-state index contributed by atoms with van der Waals surface area (Å²) in [5.41, 5.74) is 0. The first-order valence-electron chi connectivity index (χ1n) is 7.30. The lowest BCUT2D eigenvalue weighted by atomic mass is 9.88. The number of hydrogen-bond donors (Lipinski definition) is 0. The molecule has 20 heavy (non-hydrogen) atoms. The molecule has 2 heterocycles. The quantitative estimate of drug-likeness (QED) is 0.542. The van der Waals surface area contributed by atoms with Gasteiger partial charge in [0.2, 0.25) is 5.91 Å². The van der Waals surface area contributed by atoms with Crippen LogP contribution in [0.25, 0.3) is 0 Å². The fourth-order valence-electron chi connectivity index (χ4n) is 2.49. The zero-order chi connectivity index (χ0) is 14.7. The Balaban J connectivity index is 1.59. The summed E-state index contributed by atoms with van der Waals surface area (Å²) in [5, 5.41) is 0. The molecular formula is C15H22N2O3. The van der Waals surface area contributed by atoms with E-state index in [1.54, 1.807) is 0 Å². The van der Waals surface area contributed by atoms with Crippen LogP contribution in [-0.2, 0) is 14.4 Å². The van der Waals surface area contributed by atoms with Gasteiger partial charge in [-0.25, -0.2) is 0 Å². The van der Waals surface area contributed by atoms with E-state index >= 15 is 0 Å². The molecule has 0 aliphatic carbocycles. The zero-order valence-electron chi connectivity index (χ0n) is 12.2. The molecule has 2 aliphatic rings. The summed E-state index contributed by atoms with van der Waals surface area (Å²) >= 11 is 0. The summed E-state index contributed by atoms with van der Waals surface area (Å²) in [5.74, 6) is 0.982. The van der Waals surface area contributed by atoms with Gasteiger partial charge in [-0.15, -0.1) is 0 Å². The number of likely N-dealkylation sites (tertiary alicyclic amines) is 1. The van der Waals surface area contributed by atoms with Crippen LogP contribution in [0, 0.1) is 11.8 Å². The van der Waals surface area contributed by atoms with Crippen LogP contribution in [0.1, 0.15) is 33.1 Å². The van der Waals surface area contributed by atoms with Gasteiger partial charge < -0.3 is 4.90 Å². The maximum Gasteiger partial charge on any atom is 0.253 e. The molecule has 0 aromatic rings. The summed E-state index contributed by atoms with van der Waals surface area (Å²) in [6.45, 7) is 6.54. The van der Waals surface area contributed by atoms with Crippen LogP contribution in [0.3, 0.4) is 0 Å². The van der Waals surface area contributed by atoms with E-state index in [-0.39, 0.29) is 17.7 Å². The Morgan fingerprint density at radius 1 is 1.20 bits per heavy atom. The standard InChI is InChI=1S/C15H22N2O3/c1-11(2)12-9-16(10-12)13(18)5-3-4-8-17-14(19)6-7-15(17)20/h6-7,11-12H,3-5,8-10H2,1-2H3. The monoisotopic (exact) mass is 278 g/mol. The number of imide groups is 1. The Labute approximate surface area is 119 Å². The van der Waals surface area contributed by atoms with Crippen LogP contribution in [0.5, 0.6) is 0 Å². The zero-order valence-corrected chi connectivity index (χ0v) is 12.2. The summed E-state index contributed by atoms with van der Waals surface area (Å²) in [6, 6.07) is 0. The molecule has 0 aromatic heterocycles. The maximum atomic E-state index is 11.9. The van der Waals surface area contributed by atoms with E-state index in [0.717, 1.165) is 19.5 Å². The Bertz CT molecular complexity index is 418. The summed E-state index contributed by atoms with van der Waals surface area (Å²) in [7, 11) is 0. The van der Waals surface area contributed by atoms with Gasteiger partial charge in [-0.1, -0.05) is 13.8 Å². The van der Waals surface area contributed by atoms with Gasteiger partial charge in [-0.3, -0.25) is 19.3 Å². The number of unbranched alkanes of at least 4 members (excludes halogenated alkanes) is 1. The highest BCUT2D eigenvalue weighted by atomic mass is 16.2. The summed E-state index contributed by atoms with van der Waals surface area (Å²) in [4.78, 5) is 37.6. The Morgan fingerprint density at radius 3 is 2.35 bits per heavy atom. The van der Waals surface area contributed by atoms with Crippen molar-refractivity contribution in [1.29, 1.82) is 0 Å². The molecule has 1 fully saturated rings. The average Bonchev–Trinajstić information content (AvgIpc) is 2.63. The van der Waals surface area contributed by atoms with Gasteiger partial charge in [0.1, 0.15) is 0 Å². The van der Waals surface area contributed by atoms with E-state index in [0.29, 0.717) is 31.2 Å². The predicted octanol–water partition coefficient (Wildman–Crippen LogP) is 1.20. The molecule has 5 heteroatoms. The molecular weight excluding hydrogens is 256 g/mol. The van der Waals surface area contributed by atoms with Crippen molar-refractivity contribution in [2.45, 2.75) is 33.1 Å². The van der Waals surface area contributed by atoms with Crippen molar-refractivity contribution >= 4 is 17.7 Å². The van der Waals surface area contributed by atoms with Crippen molar-refractivity contribution in [3.05, 3.63) is 12.2 Å². The molecule has 3 amide bonds. The lowest BCUT2D eigenvalue weighted by Gasteiger charge is -2.41. The molecule has 2 rings (SSSR count). The van der Waals surface area contributed by atoms with Crippen molar-refractivity contribution in [2.75, 3.05) is 19.6 Å². The summed E-state index contributed by atoms with van der Waals surface area (Å²) < 4.78 is 0. The molecule has 0 atom stereocenters. The van der Waals surface area contributed by atoms with Crippen LogP contribution < -0.4 is 0 Å². The van der Waals surface area contributed by atoms with Gasteiger partial charge in [0.15, 0.2) is 0 Å². The highest BCUT2D eigenvalue weighted by molar-refractivity contribution is 6.12. The van der Waals surface area contributed by atoms with Gasteiger partial charge in [0, 0.05) is 38.2 Å². The van der Waals surface area contributed by atoms with E-state index in [1.807, 2.05) is 4.90 Å². The van der Waals surface area contributed by atoms with Crippen LogP contribution in [0.15, 0.2) is 12.2 Å². The highest BCUT2D eigenvalue weighted by Crippen LogP contribution is 2.24. The Hall–Kier alpha value is -1.65. The number of rotatable bonds is 6. The maximum absolute atomic E-state index is 11.9. The third kappa shape index (κ3) is 3.26.